The molecule has 1 atom stereocenters. The number of rotatable bonds is 7. The van der Waals surface area contributed by atoms with Gasteiger partial charge >= 0.3 is 12.0 Å². The number of nitrogens with one attached hydrogen (secondary N) is 2. The second-order valence-corrected chi connectivity index (χ2v) is 5.15. The Balaban J connectivity index is 2.32. The van der Waals surface area contributed by atoms with Crippen molar-refractivity contribution in [2.75, 3.05) is 6.54 Å². The molecule has 0 unspecified atom stereocenters. The second kappa shape index (κ2) is 7.52. The van der Waals surface area contributed by atoms with E-state index in [1.165, 1.54) is 0 Å². The van der Waals surface area contributed by atoms with Crippen molar-refractivity contribution in [1.29, 1.82) is 0 Å². The Kier molecular flexibility index (Phi) is 6.02. The van der Waals surface area contributed by atoms with E-state index in [-0.39, 0.29) is 5.92 Å². The number of aromatic nitrogens is 2. The zero-order valence-corrected chi connectivity index (χ0v) is 12.1. The fourth-order valence-electron chi connectivity index (χ4n) is 1.80. The quantitative estimate of drug-likeness (QED) is 0.688. The van der Waals surface area contributed by atoms with Crippen LogP contribution in [0.3, 0.4) is 0 Å². The van der Waals surface area contributed by atoms with Crippen molar-refractivity contribution >= 4 is 12.0 Å². The first-order valence-electron chi connectivity index (χ1n) is 6.64. The summed E-state index contributed by atoms with van der Waals surface area (Å²) in [6, 6.07) is 0.553. The summed E-state index contributed by atoms with van der Waals surface area (Å²) < 4.78 is 1.69. The van der Waals surface area contributed by atoms with Crippen molar-refractivity contribution in [3.63, 3.8) is 0 Å². The van der Waals surface area contributed by atoms with Gasteiger partial charge in [0.25, 0.3) is 0 Å². The van der Waals surface area contributed by atoms with E-state index in [9.17, 15) is 9.59 Å². The third kappa shape index (κ3) is 5.73. The van der Waals surface area contributed by atoms with Crippen LogP contribution in [0, 0.1) is 5.92 Å². The minimum absolute atomic E-state index is 0.199. The molecule has 0 fully saturated rings. The molecule has 1 heterocycles. The van der Waals surface area contributed by atoms with E-state index in [0.29, 0.717) is 19.4 Å². The molecule has 7 heteroatoms. The van der Waals surface area contributed by atoms with Crippen molar-refractivity contribution in [2.24, 2.45) is 13.0 Å². The van der Waals surface area contributed by atoms with Crippen LogP contribution in [0.1, 0.15) is 26.0 Å². The normalized spacial score (nSPS) is 12.2. The molecule has 3 N–H and O–H groups in total. The summed E-state index contributed by atoms with van der Waals surface area (Å²) in [5.41, 5.74) is 0.879. The van der Waals surface area contributed by atoms with Gasteiger partial charge in [-0.05, 0) is 18.4 Å². The number of carboxylic acids is 1. The van der Waals surface area contributed by atoms with Crippen LogP contribution in [0.15, 0.2) is 12.3 Å². The van der Waals surface area contributed by atoms with Gasteiger partial charge in [-0.25, -0.2) is 9.59 Å². The molecule has 0 aliphatic rings. The lowest BCUT2D eigenvalue weighted by molar-refractivity contribution is -0.139. The molecule has 0 aromatic carbocycles. The summed E-state index contributed by atoms with van der Waals surface area (Å²) in [5.74, 6) is -0.816. The number of hydrogen-bond acceptors (Lipinski definition) is 3. The van der Waals surface area contributed by atoms with Gasteiger partial charge in [0.05, 0.1) is 5.69 Å². The van der Waals surface area contributed by atoms with Gasteiger partial charge in [0.15, 0.2) is 0 Å². The van der Waals surface area contributed by atoms with E-state index in [2.05, 4.69) is 15.7 Å². The molecule has 7 nitrogen and oxygen atoms in total. The second-order valence-electron chi connectivity index (χ2n) is 5.15. The minimum atomic E-state index is -1.02. The standard InChI is InChI=1S/C13H22N4O3/c1-9(2)8-11(12(18)19)15-13(20)14-6-4-10-5-7-17(3)16-10/h5,7,9,11H,4,6,8H2,1-3H3,(H,18,19)(H2,14,15,20)/t11-/m0/s1. The van der Waals surface area contributed by atoms with Gasteiger partial charge in [0.1, 0.15) is 6.04 Å². The van der Waals surface area contributed by atoms with Gasteiger partial charge < -0.3 is 15.7 Å². The first-order valence-corrected chi connectivity index (χ1v) is 6.64. The molecular weight excluding hydrogens is 260 g/mol. The molecule has 1 rings (SSSR count). The Labute approximate surface area is 118 Å². The lowest BCUT2D eigenvalue weighted by Crippen LogP contribution is -2.47. The zero-order valence-electron chi connectivity index (χ0n) is 12.1. The Bertz CT molecular complexity index is 456. The fourth-order valence-corrected chi connectivity index (χ4v) is 1.80. The number of carboxylic acid groups (broad SMARTS) is 1. The van der Waals surface area contributed by atoms with Gasteiger partial charge in [-0.15, -0.1) is 0 Å². The van der Waals surface area contributed by atoms with Crippen LogP contribution in [0.5, 0.6) is 0 Å². The van der Waals surface area contributed by atoms with Gasteiger partial charge in [-0.3, -0.25) is 4.68 Å². The summed E-state index contributed by atoms with van der Waals surface area (Å²) in [7, 11) is 1.83. The molecule has 2 amide bonds. The SMILES string of the molecule is CC(C)C[C@H](NC(=O)NCCc1ccn(C)n1)C(=O)O. The lowest BCUT2D eigenvalue weighted by Gasteiger charge is -2.16. The number of hydrogen-bond donors (Lipinski definition) is 3. The molecule has 1 aromatic heterocycles. The number of carbonyl (C=O) groups excluding carboxylic acids is 1. The van der Waals surface area contributed by atoms with Crippen molar-refractivity contribution in [2.45, 2.75) is 32.7 Å². The summed E-state index contributed by atoms with van der Waals surface area (Å²) in [5, 5.41) is 18.3. The topological polar surface area (TPSA) is 96.3 Å². The number of amides is 2. The van der Waals surface area contributed by atoms with E-state index >= 15 is 0 Å². The molecule has 0 spiro atoms. The maximum atomic E-state index is 11.6. The zero-order chi connectivity index (χ0) is 15.1. The van der Waals surface area contributed by atoms with Gasteiger partial charge in [0.2, 0.25) is 0 Å². The molecule has 0 bridgehead atoms. The molecule has 0 aliphatic heterocycles. The van der Waals surface area contributed by atoms with Crippen LogP contribution in [0.2, 0.25) is 0 Å². The Morgan fingerprint density at radius 3 is 2.65 bits per heavy atom. The summed E-state index contributed by atoms with van der Waals surface area (Å²) in [6.07, 6.45) is 2.84. The van der Waals surface area contributed by atoms with E-state index in [4.69, 9.17) is 5.11 Å². The van der Waals surface area contributed by atoms with Crippen LogP contribution in [0.4, 0.5) is 4.79 Å². The van der Waals surface area contributed by atoms with Crippen molar-refractivity contribution in [3.05, 3.63) is 18.0 Å². The molecule has 0 saturated heterocycles. The summed E-state index contributed by atoms with van der Waals surface area (Å²) in [4.78, 5) is 22.6. The van der Waals surface area contributed by atoms with E-state index in [0.717, 1.165) is 5.69 Å². The Morgan fingerprint density at radius 1 is 1.45 bits per heavy atom. The molecule has 0 radical (unpaired) electrons. The van der Waals surface area contributed by atoms with E-state index in [1.54, 1.807) is 4.68 Å². The molecule has 20 heavy (non-hydrogen) atoms. The number of urea groups is 1. The van der Waals surface area contributed by atoms with Crippen LogP contribution < -0.4 is 10.6 Å². The third-order valence-corrected chi connectivity index (χ3v) is 2.75. The minimum Gasteiger partial charge on any atom is -0.480 e. The maximum absolute atomic E-state index is 11.6. The Morgan fingerprint density at radius 2 is 2.15 bits per heavy atom. The fraction of sp³-hybridized carbons (Fsp3) is 0.615. The lowest BCUT2D eigenvalue weighted by atomic mass is 10.0. The maximum Gasteiger partial charge on any atom is 0.326 e. The highest BCUT2D eigenvalue weighted by Crippen LogP contribution is 2.04. The van der Waals surface area contributed by atoms with Gasteiger partial charge in [-0.2, -0.15) is 5.10 Å². The van der Waals surface area contributed by atoms with Gasteiger partial charge in [-0.1, -0.05) is 13.8 Å². The first kappa shape index (κ1) is 16.0. The van der Waals surface area contributed by atoms with Crippen LogP contribution >= 0.6 is 0 Å². The highest BCUT2D eigenvalue weighted by Gasteiger charge is 2.20. The van der Waals surface area contributed by atoms with Crippen LogP contribution in [-0.4, -0.2) is 39.5 Å². The van der Waals surface area contributed by atoms with Crippen molar-refractivity contribution in [3.8, 4) is 0 Å². The number of aliphatic carboxylic acids is 1. The molecule has 1 aromatic rings. The van der Waals surface area contributed by atoms with Crippen LogP contribution in [0.25, 0.3) is 0 Å². The predicted octanol–water partition coefficient (Wildman–Crippen LogP) is 0.761. The smallest absolute Gasteiger partial charge is 0.326 e. The predicted molar refractivity (Wildman–Crippen MR) is 74.3 cm³/mol. The Hall–Kier alpha value is -2.05. The van der Waals surface area contributed by atoms with Crippen LogP contribution in [-0.2, 0) is 18.3 Å². The monoisotopic (exact) mass is 282 g/mol. The van der Waals surface area contributed by atoms with E-state index in [1.807, 2.05) is 33.2 Å². The number of nitrogens with zero attached hydrogens (tertiary/aromatic N) is 2. The average Bonchev–Trinajstić information content (AvgIpc) is 2.73. The summed E-state index contributed by atoms with van der Waals surface area (Å²) in [6.45, 7) is 4.24. The third-order valence-electron chi connectivity index (χ3n) is 2.75. The highest BCUT2D eigenvalue weighted by molar-refractivity contribution is 5.82. The molecule has 0 saturated carbocycles. The summed E-state index contributed by atoms with van der Waals surface area (Å²) >= 11 is 0. The van der Waals surface area contributed by atoms with Crippen molar-refractivity contribution in [1.82, 2.24) is 20.4 Å². The first-order chi connectivity index (χ1) is 9.38. The molecular formula is C13H22N4O3. The largest absolute Gasteiger partial charge is 0.480 e. The van der Waals surface area contributed by atoms with E-state index < -0.39 is 18.0 Å². The van der Waals surface area contributed by atoms with Gasteiger partial charge in [0, 0.05) is 26.2 Å². The molecule has 0 aliphatic carbocycles. The number of aryl methyl sites for hydroxylation is 1. The average molecular weight is 282 g/mol. The highest BCUT2D eigenvalue weighted by atomic mass is 16.4. The van der Waals surface area contributed by atoms with Crippen molar-refractivity contribution < 1.29 is 14.7 Å². The number of carbonyl (C=O) groups is 2. The molecule has 112 valence electrons.